The lowest BCUT2D eigenvalue weighted by Gasteiger charge is -2.13. The second-order valence-electron chi connectivity index (χ2n) is 4.09. The van der Waals surface area contributed by atoms with Crippen molar-refractivity contribution in [3.05, 3.63) is 41.2 Å². The number of benzene rings is 1. The van der Waals surface area contributed by atoms with E-state index >= 15 is 0 Å². The van der Waals surface area contributed by atoms with Gasteiger partial charge in [-0.15, -0.1) is 0 Å². The Kier molecular flexibility index (Phi) is 4.49. The normalized spacial score (nSPS) is 10.0. The predicted octanol–water partition coefficient (Wildman–Crippen LogP) is 2.59. The monoisotopic (exact) mass is 307 g/mol. The number of halogens is 1. The van der Waals surface area contributed by atoms with Gasteiger partial charge >= 0.3 is 0 Å². The van der Waals surface area contributed by atoms with Crippen LogP contribution in [0.4, 0.5) is 11.4 Å². The first-order valence-electron chi connectivity index (χ1n) is 6.00. The van der Waals surface area contributed by atoms with Crippen molar-refractivity contribution in [1.29, 1.82) is 0 Å². The number of ether oxygens (including phenoxy) is 2. The van der Waals surface area contributed by atoms with Crippen LogP contribution in [0.3, 0.4) is 0 Å². The molecular formula is C14H14ClN3O3. The summed E-state index contributed by atoms with van der Waals surface area (Å²) in [6.07, 6.45) is 1.53. The molecule has 21 heavy (non-hydrogen) atoms. The molecule has 6 nitrogen and oxygen atoms in total. The highest BCUT2D eigenvalue weighted by atomic mass is 35.5. The largest absolute Gasteiger partial charge is 0.493 e. The SMILES string of the molecule is COc1cc(N)c(C(=O)Nc2cccnc2Cl)cc1OC. The molecule has 1 aromatic carbocycles. The fourth-order valence-electron chi connectivity index (χ4n) is 1.76. The van der Waals surface area contributed by atoms with Gasteiger partial charge in [-0.25, -0.2) is 4.98 Å². The third-order valence-electron chi connectivity index (χ3n) is 2.81. The number of methoxy groups -OCH3 is 2. The molecule has 0 saturated heterocycles. The van der Waals surface area contributed by atoms with Crippen LogP contribution in [0.25, 0.3) is 0 Å². The summed E-state index contributed by atoms with van der Waals surface area (Å²) in [6.45, 7) is 0. The molecule has 7 heteroatoms. The number of pyridine rings is 1. The van der Waals surface area contributed by atoms with Crippen molar-refractivity contribution >= 4 is 28.9 Å². The number of nitrogens with two attached hydrogens (primary N) is 1. The van der Waals surface area contributed by atoms with Crippen LogP contribution in [0, 0.1) is 0 Å². The van der Waals surface area contributed by atoms with Gasteiger partial charge in [-0.05, 0) is 18.2 Å². The Morgan fingerprint density at radius 3 is 2.57 bits per heavy atom. The first kappa shape index (κ1) is 14.9. The van der Waals surface area contributed by atoms with Crippen molar-refractivity contribution in [2.75, 3.05) is 25.3 Å². The van der Waals surface area contributed by atoms with Crippen LogP contribution in [0.5, 0.6) is 11.5 Å². The fourth-order valence-corrected chi connectivity index (χ4v) is 1.93. The standard InChI is InChI=1S/C14H14ClN3O3/c1-20-11-6-8(9(16)7-12(11)21-2)14(19)18-10-4-3-5-17-13(10)15/h3-7H,16H2,1-2H3,(H,18,19). The van der Waals surface area contributed by atoms with Gasteiger partial charge in [-0.1, -0.05) is 11.6 Å². The second kappa shape index (κ2) is 6.32. The van der Waals surface area contributed by atoms with Gasteiger partial charge in [0, 0.05) is 18.0 Å². The highest BCUT2D eigenvalue weighted by Crippen LogP contribution is 2.32. The maximum absolute atomic E-state index is 12.3. The zero-order valence-electron chi connectivity index (χ0n) is 11.5. The molecule has 0 aliphatic rings. The molecule has 0 radical (unpaired) electrons. The van der Waals surface area contributed by atoms with E-state index in [2.05, 4.69) is 10.3 Å². The average Bonchev–Trinajstić information content (AvgIpc) is 2.49. The number of rotatable bonds is 4. The summed E-state index contributed by atoms with van der Waals surface area (Å²) in [6, 6.07) is 6.34. The van der Waals surface area contributed by atoms with Gasteiger partial charge in [0.05, 0.1) is 25.5 Å². The highest BCUT2D eigenvalue weighted by molar-refractivity contribution is 6.32. The Bertz CT molecular complexity index is 677. The zero-order valence-corrected chi connectivity index (χ0v) is 12.3. The van der Waals surface area contributed by atoms with Crippen LogP contribution in [-0.2, 0) is 0 Å². The Balaban J connectivity index is 2.33. The van der Waals surface area contributed by atoms with Crippen molar-refractivity contribution in [3.63, 3.8) is 0 Å². The summed E-state index contributed by atoms with van der Waals surface area (Å²) in [4.78, 5) is 16.2. The van der Waals surface area contributed by atoms with Crippen LogP contribution in [0.15, 0.2) is 30.5 Å². The number of hydrogen-bond acceptors (Lipinski definition) is 5. The number of hydrogen-bond donors (Lipinski definition) is 2. The molecule has 2 aromatic rings. The Morgan fingerprint density at radius 2 is 1.95 bits per heavy atom. The fraction of sp³-hybridized carbons (Fsp3) is 0.143. The lowest BCUT2D eigenvalue weighted by molar-refractivity contribution is 0.102. The molecule has 1 heterocycles. The van der Waals surface area contributed by atoms with Crippen LogP contribution in [0.1, 0.15) is 10.4 Å². The van der Waals surface area contributed by atoms with Gasteiger partial charge < -0.3 is 20.5 Å². The molecule has 1 aromatic heterocycles. The van der Waals surface area contributed by atoms with Crippen LogP contribution >= 0.6 is 11.6 Å². The van der Waals surface area contributed by atoms with Gasteiger partial charge in [0.1, 0.15) is 0 Å². The molecule has 0 unspecified atom stereocenters. The summed E-state index contributed by atoms with van der Waals surface area (Å²) < 4.78 is 10.3. The van der Waals surface area contributed by atoms with Gasteiger partial charge in [-0.3, -0.25) is 4.79 Å². The molecule has 0 bridgehead atoms. The molecule has 1 amide bonds. The van der Waals surface area contributed by atoms with E-state index in [-0.39, 0.29) is 16.4 Å². The number of carbonyl (C=O) groups is 1. The highest BCUT2D eigenvalue weighted by Gasteiger charge is 2.16. The predicted molar refractivity (Wildman–Crippen MR) is 81.2 cm³/mol. The molecule has 0 aliphatic carbocycles. The third-order valence-corrected chi connectivity index (χ3v) is 3.11. The number of anilines is 2. The minimum absolute atomic E-state index is 0.199. The Hall–Kier alpha value is -2.47. The summed E-state index contributed by atoms with van der Waals surface area (Å²) in [5.41, 5.74) is 6.80. The van der Waals surface area contributed by atoms with Crippen molar-refractivity contribution in [2.45, 2.75) is 0 Å². The maximum atomic E-state index is 12.3. The van der Waals surface area contributed by atoms with E-state index in [1.165, 1.54) is 32.5 Å². The smallest absolute Gasteiger partial charge is 0.257 e. The van der Waals surface area contributed by atoms with E-state index in [4.69, 9.17) is 26.8 Å². The molecule has 3 N–H and O–H groups in total. The number of carbonyl (C=O) groups excluding carboxylic acids is 1. The number of nitrogens with zero attached hydrogens (tertiary/aromatic N) is 1. The van der Waals surface area contributed by atoms with Crippen molar-refractivity contribution in [2.24, 2.45) is 0 Å². The molecular weight excluding hydrogens is 294 g/mol. The van der Waals surface area contributed by atoms with Crippen LogP contribution in [0.2, 0.25) is 5.15 Å². The average molecular weight is 308 g/mol. The summed E-state index contributed by atoms with van der Waals surface area (Å²) in [5.74, 6) is 0.448. The number of amides is 1. The van der Waals surface area contributed by atoms with Gasteiger partial charge in [0.25, 0.3) is 5.91 Å². The topological polar surface area (TPSA) is 86.5 Å². The second-order valence-corrected chi connectivity index (χ2v) is 4.45. The molecule has 0 aliphatic heterocycles. The van der Waals surface area contributed by atoms with Crippen molar-refractivity contribution < 1.29 is 14.3 Å². The van der Waals surface area contributed by atoms with E-state index in [1.54, 1.807) is 12.1 Å². The van der Waals surface area contributed by atoms with Crippen LogP contribution < -0.4 is 20.5 Å². The summed E-state index contributed by atoms with van der Waals surface area (Å²) in [5, 5.41) is 2.85. The third kappa shape index (κ3) is 3.17. The number of nitrogens with one attached hydrogen (secondary N) is 1. The molecule has 0 atom stereocenters. The van der Waals surface area contributed by atoms with E-state index < -0.39 is 5.91 Å². The number of nitrogen functional groups attached to an aromatic ring is 1. The number of aromatic nitrogens is 1. The molecule has 0 saturated carbocycles. The first-order chi connectivity index (χ1) is 10.1. The van der Waals surface area contributed by atoms with Crippen molar-refractivity contribution in [3.8, 4) is 11.5 Å². The molecule has 0 fully saturated rings. The van der Waals surface area contributed by atoms with E-state index in [1.807, 2.05) is 0 Å². The van der Waals surface area contributed by atoms with E-state index in [0.29, 0.717) is 17.2 Å². The Labute approximate surface area is 126 Å². The lowest BCUT2D eigenvalue weighted by Crippen LogP contribution is -2.15. The summed E-state index contributed by atoms with van der Waals surface area (Å²) in [7, 11) is 2.97. The van der Waals surface area contributed by atoms with Crippen LogP contribution in [-0.4, -0.2) is 25.1 Å². The van der Waals surface area contributed by atoms with Gasteiger partial charge in [-0.2, -0.15) is 0 Å². The molecule has 2 rings (SSSR count). The van der Waals surface area contributed by atoms with Gasteiger partial charge in [0.2, 0.25) is 0 Å². The zero-order chi connectivity index (χ0) is 15.4. The summed E-state index contributed by atoms with van der Waals surface area (Å²) >= 11 is 5.90. The maximum Gasteiger partial charge on any atom is 0.257 e. The first-order valence-corrected chi connectivity index (χ1v) is 6.38. The minimum atomic E-state index is -0.414. The quantitative estimate of drug-likeness (QED) is 0.669. The minimum Gasteiger partial charge on any atom is -0.493 e. The van der Waals surface area contributed by atoms with E-state index in [0.717, 1.165) is 0 Å². The Morgan fingerprint density at radius 1 is 1.29 bits per heavy atom. The van der Waals surface area contributed by atoms with Crippen molar-refractivity contribution in [1.82, 2.24) is 4.98 Å². The molecule has 110 valence electrons. The molecule has 0 spiro atoms. The van der Waals surface area contributed by atoms with E-state index in [9.17, 15) is 4.79 Å². The van der Waals surface area contributed by atoms with Gasteiger partial charge in [0.15, 0.2) is 16.7 Å². The lowest BCUT2D eigenvalue weighted by atomic mass is 10.1.